The molecule has 1 aliphatic carbocycles. The monoisotopic (exact) mass is 866 g/mol. The van der Waals surface area contributed by atoms with Gasteiger partial charge in [0.25, 0.3) is 0 Å². The van der Waals surface area contributed by atoms with Gasteiger partial charge in [-0.2, -0.15) is 0 Å². The third-order valence-electron chi connectivity index (χ3n) is 13.9. The van der Waals surface area contributed by atoms with E-state index < -0.39 is 47.2 Å². The summed E-state index contributed by atoms with van der Waals surface area (Å²) >= 11 is 1.58. The molecule has 3 N–H and O–H groups in total. The van der Waals surface area contributed by atoms with Crippen molar-refractivity contribution in [3.63, 3.8) is 0 Å². The molecule has 11 unspecified atom stereocenters. The first kappa shape index (κ1) is 45.6. The fourth-order valence-corrected chi connectivity index (χ4v) is 11.2. The van der Waals surface area contributed by atoms with E-state index in [1.165, 1.54) is 4.90 Å². The first-order valence-corrected chi connectivity index (χ1v) is 23.3. The molecule has 2 bridgehead atoms. The maximum absolute atomic E-state index is 14.0. The van der Waals surface area contributed by atoms with E-state index in [4.69, 9.17) is 24.0 Å². The molecule has 1 spiro atoms. The summed E-state index contributed by atoms with van der Waals surface area (Å²) in [5.74, 6) is -0.915. The number of esters is 1. The van der Waals surface area contributed by atoms with Gasteiger partial charge in [-0.15, -0.1) is 11.3 Å². The normalized spacial score (nSPS) is 32.4. The fraction of sp³-hybridized carbons (Fsp3) is 0.717. The number of benzene rings is 1. The van der Waals surface area contributed by atoms with Gasteiger partial charge >= 0.3 is 5.97 Å². The molecule has 6 heterocycles. The predicted octanol–water partition coefficient (Wildman–Crippen LogP) is 6.36. The number of nitrogens with zero attached hydrogens (tertiary/aromatic N) is 2. The molecule has 8 rings (SSSR count). The number of rotatable bonds is 15. The van der Waals surface area contributed by atoms with Gasteiger partial charge in [0.15, 0.2) is 11.9 Å². The molecule has 1 saturated carbocycles. The van der Waals surface area contributed by atoms with Crippen LogP contribution in [0.2, 0.25) is 0 Å². The zero-order valence-electron chi connectivity index (χ0n) is 36.9. The number of aryl methyl sites for hydroxylation is 1. The van der Waals surface area contributed by atoms with Gasteiger partial charge in [0.1, 0.15) is 12.1 Å². The van der Waals surface area contributed by atoms with Crippen molar-refractivity contribution in [2.75, 3.05) is 13.2 Å². The van der Waals surface area contributed by atoms with Crippen molar-refractivity contribution in [2.45, 2.75) is 168 Å². The minimum Gasteiger partial charge on any atom is -0.466 e. The fourth-order valence-electron chi connectivity index (χ4n) is 10.4. The van der Waals surface area contributed by atoms with Gasteiger partial charge in [-0.05, 0) is 93.1 Å². The van der Waals surface area contributed by atoms with E-state index in [0.29, 0.717) is 31.1 Å². The number of carbonyl (C=O) groups excluding carboxylic acids is 4. The van der Waals surface area contributed by atoms with E-state index in [9.17, 15) is 24.3 Å². The largest absolute Gasteiger partial charge is 0.466 e. The number of hydrogen-bond donors (Lipinski definition) is 3. The molecule has 11 atom stereocenters. The maximum Gasteiger partial charge on any atom is 0.305 e. The van der Waals surface area contributed by atoms with Crippen molar-refractivity contribution in [1.82, 2.24) is 20.5 Å². The molecule has 5 saturated heterocycles. The van der Waals surface area contributed by atoms with Crippen LogP contribution in [0.5, 0.6) is 0 Å². The summed E-state index contributed by atoms with van der Waals surface area (Å²) in [4.78, 5) is 72.3. The van der Waals surface area contributed by atoms with Crippen LogP contribution < -0.4 is 10.6 Å². The standard InChI is InChI=1S/C46H66N4O10S/c1-27-14-19-34-28(2)36(57-43-46(34)33(27)20-21-45(7,58-43)59-60-46)11-10-22-56-38(53)13-9-8-12-37(52)49-40(44(4,5)6)42(55)50-25-32(51)23-35(50)41(54)47-24-30-15-17-31(18-16-30)39-29(3)48-26-61-39/h15-18,26-28,32-36,40,43,51H,8-14,19-25H2,1-7H3,(H,47,54)(H,49,52). The van der Waals surface area contributed by atoms with Crippen LogP contribution in [0, 0.1) is 36.0 Å². The lowest BCUT2D eigenvalue weighted by atomic mass is 9.57. The second-order valence-electron chi connectivity index (χ2n) is 19.5. The summed E-state index contributed by atoms with van der Waals surface area (Å²) < 4.78 is 18.7. The molecule has 1 aromatic carbocycles. The molecule has 2 aromatic rings. The molecule has 6 aliphatic rings. The molecular formula is C46H66N4O10S. The molecule has 61 heavy (non-hydrogen) atoms. The van der Waals surface area contributed by atoms with E-state index >= 15 is 0 Å². The van der Waals surface area contributed by atoms with Gasteiger partial charge in [0, 0.05) is 44.7 Å². The Balaban J connectivity index is 0.824. The van der Waals surface area contributed by atoms with Crippen molar-refractivity contribution < 1.29 is 48.3 Å². The van der Waals surface area contributed by atoms with Gasteiger partial charge in [-0.3, -0.25) is 19.2 Å². The Morgan fingerprint density at radius 3 is 2.51 bits per heavy atom. The minimum absolute atomic E-state index is 0.00310. The average molecular weight is 867 g/mol. The Hall–Kier alpha value is -3.47. The van der Waals surface area contributed by atoms with Gasteiger partial charge in [-0.25, -0.2) is 14.8 Å². The summed E-state index contributed by atoms with van der Waals surface area (Å²) in [5.41, 5.74) is 3.47. The van der Waals surface area contributed by atoms with E-state index in [1.54, 1.807) is 11.3 Å². The van der Waals surface area contributed by atoms with Crippen LogP contribution in [-0.2, 0) is 49.7 Å². The lowest BCUT2D eigenvalue weighted by molar-refractivity contribution is -0.571. The highest BCUT2D eigenvalue weighted by molar-refractivity contribution is 7.13. The molecular weight excluding hydrogens is 801 g/mol. The topological polar surface area (TPSA) is 175 Å². The number of thiazole rings is 1. The minimum atomic E-state index is -0.925. The number of aliphatic hydroxyl groups excluding tert-OH is 1. The number of aliphatic hydroxyl groups is 1. The van der Waals surface area contributed by atoms with E-state index in [-0.39, 0.29) is 74.7 Å². The number of likely N-dealkylation sites (tertiary alicyclic amines) is 1. The van der Waals surface area contributed by atoms with Crippen molar-refractivity contribution in [3.05, 3.63) is 41.0 Å². The van der Waals surface area contributed by atoms with E-state index in [0.717, 1.165) is 53.8 Å². The van der Waals surface area contributed by atoms with Gasteiger partial charge < -0.3 is 34.9 Å². The zero-order valence-corrected chi connectivity index (χ0v) is 37.7. The van der Waals surface area contributed by atoms with Crippen LogP contribution in [-0.4, -0.2) is 93.8 Å². The van der Waals surface area contributed by atoms with Crippen LogP contribution >= 0.6 is 11.3 Å². The van der Waals surface area contributed by atoms with E-state index in [1.807, 2.05) is 64.4 Å². The molecule has 1 aromatic heterocycles. The molecule has 0 radical (unpaired) electrons. The zero-order chi connectivity index (χ0) is 43.7. The Morgan fingerprint density at radius 2 is 1.79 bits per heavy atom. The summed E-state index contributed by atoms with van der Waals surface area (Å²) in [7, 11) is 0. The van der Waals surface area contributed by atoms with Crippen LogP contribution in [0.1, 0.15) is 123 Å². The average Bonchev–Trinajstić information content (AvgIpc) is 3.76. The molecule has 6 fully saturated rings. The molecule has 3 amide bonds. The van der Waals surface area contributed by atoms with Gasteiger partial charge in [-0.1, -0.05) is 58.9 Å². The third-order valence-corrected chi connectivity index (χ3v) is 14.9. The summed E-state index contributed by atoms with van der Waals surface area (Å²) in [6, 6.07) is 6.09. The Bertz CT molecular complexity index is 1890. The van der Waals surface area contributed by atoms with Crippen molar-refractivity contribution in [2.24, 2.45) is 29.1 Å². The SMILES string of the molecule is Cc1ncsc1-c1ccc(CNC(=O)C2CC(O)CN2C(=O)C(NC(=O)CCCCC(=O)OCCCC2OC3OC4(C)CCC5C(C)CCC(C2C)C35OO4)C(C)(C)C)cc1. The second-order valence-corrected chi connectivity index (χ2v) is 20.3. The quantitative estimate of drug-likeness (QED) is 0.103. The highest BCUT2D eigenvalue weighted by atomic mass is 32.1. The van der Waals surface area contributed by atoms with Crippen molar-refractivity contribution >= 4 is 35.0 Å². The first-order valence-electron chi connectivity index (χ1n) is 22.4. The number of aromatic nitrogens is 1. The van der Waals surface area contributed by atoms with Crippen molar-refractivity contribution in [1.29, 1.82) is 0 Å². The summed E-state index contributed by atoms with van der Waals surface area (Å²) in [5, 5.41) is 16.4. The number of ether oxygens (including phenoxy) is 3. The maximum atomic E-state index is 14.0. The molecule has 14 nitrogen and oxygen atoms in total. The lowest BCUT2D eigenvalue weighted by Gasteiger charge is -2.60. The van der Waals surface area contributed by atoms with E-state index in [2.05, 4.69) is 29.5 Å². The van der Waals surface area contributed by atoms with Crippen LogP contribution in [0.4, 0.5) is 0 Å². The highest BCUT2D eigenvalue weighted by Gasteiger charge is 2.69. The molecule has 336 valence electrons. The van der Waals surface area contributed by atoms with Gasteiger partial charge in [0.2, 0.25) is 23.5 Å². The van der Waals surface area contributed by atoms with Crippen molar-refractivity contribution in [3.8, 4) is 10.4 Å². The number of carbonyl (C=O) groups is 4. The predicted molar refractivity (Wildman–Crippen MR) is 227 cm³/mol. The third kappa shape index (κ3) is 9.87. The Labute approximate surface area is 364 Å². The number of fused-ring (bicyclic) bond motifs is 2. The first-order chi connectivity index (χ1) is 29.0. The lowest BCUT2D eigenvalue weighted by Crippen LogP contribution is -2.70. The summed E-state index contributed by atoms with van der Waals surface area (Å²) in [6.45, 7) is 14.5. The van der Waals surface area contributed by atoms with Crippen LogP contribution in [0.25, 0.3) is 10.4 Å². The smallest absolute Gasteiger partial charge is 0.305 e. The number of amides is 3. The number of unbranched alkanes of at least 4 members (excludes halogenated alkanes) is 1. The molecule has 15 heteroatoms. The Morgan fingerprint density at radius 1 is 1.03 bits per heavy atom. The van der Waals surface area contributed by atoms with Crippen LogP contribution in [0.15, 0.2) is 29.8 Å². The highest BCUT2D eigenvalue weighted by Crippen LogP contribution is 2.60. The second kappa shape index (κ2) is 18.7. The number of hydrogen-bond acceptors (Lipinski definition) is 12. The summed E-state index contributed by atoms with van der Waals surface area (Å²) in [6.07, 6.45) is 5.24. The number of β-amino-alcohol motifs (C(OH)–C–C–N with tert-alkyl or cyclic N) is 1. The number of nitrogens with one attached hydrogen (secondary N) is 2. The van der Waals surface area contributed by atoms with Crippen LogP contribution in [0.3, 0.4) is 0 Å². The Kier molecular flexibility index (Phi) is 14.0. The van der Waals surface area contributed by atoms with Gasteiger partial charge in [0.05, 0.1) is 34.9 Å². The molecule has 5 aliphatic heterocycles.